The van der Waals surface area contributed by atoms with E-state index < -0.39 is 0 Å². The fraction of sp³-hybridized carbons (Fsp3) is 0. The van der Waals surface area contributed by atoms with Crippen LogP contribution in [0.4, 0.5) is 0 Å². The monoisotopic (exact) mass is 636 g/mol. The van der Waals surface area contributed by atoms with E-state index in [0.29, 0.717) is 0 Å². The molecule has 232 valence electrons. The molecule has 0 aliphatic carbocycles. The zero-order valence-corrected chi connectivity index (χ0v) is 27.0. The first-order valence-corrected chi connectivity index (χ1v) is 17.1. The van der Waals surface area contributed by atoms with Crippen molar-refractivity contribution in [2.45, 2.75) is 0 Å². The molecule has 50 heavy (non-hydrogen) atoms. The molecule has 0 N–H and O–H groups in total. The van der Waals surface area contributed by atoms with E-state index in [-0.39, 0.29) is 0 Å². The van der Waals surface area contributed by atoms with Gasteiger partial charge in [0.15, 0.2) is 0 Å². The van der Waals surface area contributed by atoms with Gasteiger partial charge in [0.25, 0.3) is 0 Å². The van der Waals surface area contributed by atoms with Gasteiger partial charge in [0.1, 0.15) is 22.3 Å². The van der Waals surface area contributed by atoms with Gasteiger partial charge in [-0.25, -0.2) is 0 Å². The van der Waals surface area contributed by atoms with E-state index in [1.165, 1.54) is 38.2 Å². The molecule has 11 rings (SSSR count). The van der Waals surface area contributed by atoms with Crippen molar-refractivity contribution in [3.05, 3.63) is 170 Å². The highest BCUT2D eigenvalue weighted by atomic mass is 16.3. The van der Waals surface area contributed by atoms with Gasteiger partial charge in [0, 0.05) is 26.9 Å². The molecule has 0 unspecified atom stereocenters. The lowest BCUT2D eigenvalue weighted by Crippen LogP contribution is -1.92. The Kier molecular flexibility index (Phi) is 5.70. The van der Waals surface area contributed by atoms with Crippen molar-refractivity contribution in [2.24, 2.45) is 0 Å². The molecule has 0 bridgehead atoms. The van der Waals surface area contributed by atoms with Crippen LogP contribution in [0.3, 0.4) is 0 Å². The molecule has 2 nitrogen and oxygen atoms in total. The number of benzene rings is 9. The summed E-state index contributed by atoms with van der Waals surface area (Å²) >= 11 is 0. The van der Waals surface area contributed by atoms with Crippen LogP contribution in [0.2, 0.25) is 0 Å². The van der Waals surface area contributed by atoms with E-state index in [2.05, 4.69) is 164 Å². The zero-order chi connectivity index (χ0) is 32.8. The Morgan fingerprint density at radius 1 is 0.280 bits per heavy atom. The molecule has 2 heteroatoms. The molecule has 9 aromatic carbocycles. The second-order valence-corrected chi connectivity index (χ2v) is 13.1. The third-order valence-electron chi connectivity index (χ3n) is 10.4. The summed E-state index contributed by atoms with van der Waals surface area (Å²) in [6.07, 6.45) is 0. The number of furan rings is 2. The summed E-state index contributed by atoms with van der Waals surface area (Å²) < 4.78 is 13.2. The van der Waals surface area contributed by atoms with Crippen molar-refractivity contribution in [3.63, 3.8) is 0 Å². The zero-order valence-electron chi connectivity index (χ0n) is 27.0. The highest BCUT2D eigenvalue weighted by Crippen LogP contribution is 2.49. The Balaban J connectivity index is 1.32. The van der Waals surface area contributed by atoms with Gasteiger partial charge in [-0.3, -0.25) is 0 Å². The molecular formula is C48H28O2. The smallest absolute Gasteiger partial charge is 0.143 e. The second-order valence-electron chi connectivity index (χ2n) is 13.1. The first-order chi connectivity index (χ1) is 24.8. The summed E-state index contributed by atoms with van der Waals surface area (Å²) in [5.74, 6) is 0. The molecule has 0 amide bonds. The van der Waals surface area contributed by atoms with Gasteiger partial charge in [-0.1, -0.05) is 140 Å². The van der Waals surface area contributed by atoms with Crippen LogP contribution >= 0.6 is 0 Å². The predicted octanol–water partition coefficient (Wildman–Crippen LogP) is 13.9. The average Bonchev–Trinajstić information content (AvgIpc) is 3.75. The normalized spacial score (nSPS) is 12.0. The highest BCUT2D eigenvalue weighted by Gasteiger charge is 2.23. The maximum atomic E-state index is 6.73. The quantitative estimate of drug-likeness (QED) is 0.180. The van der Waals surface area contributed by atoms with E-state index in [0.717, 1.165) is 71.3 Å². The molecule has 0 saturated heterocycles. The van der Waals surface area contributed by atoms with E-state index in [4.69, 9.17) is 8.83 Å². The number of para-hydroxylation sites is 2. The van der Waals surface area contributed by atoms with Crippen molar-refractivity contribution in [3.8, 4) is 33.4 Å². The maximum Gasteiger partial charge on any atom is 0.143 e. The van der Waals surface area contributed by atoms with Gasteiger partial charge in [0.2, 0.25) is 0 Å². The number of hydrogen-bond acceptors (Lipinski definition) is 2. The molecule has 0 saturated carbocycles. The summed E-state index contributed by atoms with van der Waals surface area (Å²) in [6.45, 7) is 0. The minimum Gasteiger partial charge on any atom is -0.456 e. The summed E-state index contributed by atoms with van der Waals surface area (Å²) in [5, 5.41) is 11.6. The summed E-state index contributed by atoms with van der Waals surface area (Å²) in [5.41, 5.74) is 10.7. The van der Waals surface area contributed by atoms with Crippen LogP contribution in [-0.4, -0.2) is 0 Å². The van der Waals surface area contributed by atoms with Crippen molar-refractivity contribution in [1.82, 2.24) is 0 Å². The molecule has 2 heterocycles. The Bertz CT molecular complexity index is 3080. The van der Waals surface area contributed by atoms with Crippen LogP contribution in [0.5, 0.6) is 0 Å². The minimum atomic E-state index is 0.875. The summed E-state index contributed by atoms with van der Waals surface area (Å²) in [7, 11) is 0. The van der Waals surface area contributed by atoms with Crippen molar-refractivity contribution >= 4 is 76.2 Å². The van der Waals surface area contributed by atoms with Crippen LogP contribution in [0, 0.1) is 0 Å². The van der Waals surface area contributed by atoms with Crippen LogP contribution < -0.4 is 0 Å². The van der Waals surface area contributed by atoms with Crippen LogP contribution in [0.1, 0.15) is 0 Å². The topological polar surface area (TPSA) is 26.3 Å². The summed E-state index contributed by atoms with van der Waals surface area (Å²) in [4.78, 5) is 0. The van der Waals surface area contributed by atoms with Crippen molar-refractivity contribution < 1.29 is 8.83 Å². The van der Waals surface area contributed by atoms with Crippen molar-refractivity contribution in [1.29, 1.82) is 0 Å². The standard InChI is InChI=1S/C48H28O2/c1-2-14-29(15-3-1)45-33-18-5-7-20-35(33)46(36-21-8-6-19-34(36)45)41-26-30(27-44-47(41)38-23-11-13-25-43(38)49-44)39-28-40-32-17-10-12-24-42(32)50-48(40)37-22-9-4-16-31(37)39/h1-28H. The molecule has 0 fully saturated rings. The lowest BCUT2D eigenvalue weighted by Gasteiger charge is -2.19. The number of fused-ring (bicyclic) bond motifs is 10. The Morgan fingerprint density at radius 2 is 0.800 bits per heavy atom. The lowest BCUT2D eigenvalue weighted by atomic mass is 9.84. The van der Waals surface area contributed by atoms with E-state index >= 15 is 0 Å². The molecule has 2 aromatic heterocycles. The maximum absolute atomic E-state index is 6.73. The van der Waals surface area contributed by atoms with Crippen molar-refractivity contribution in [2.75, 3.05) is 0 Å². The van der Waals surface area contributed by atoms with Gasteiger partial charge in [-0.05, 0) is 90.6 Å². The SMILES string of the molecule is c1ccc(-c2c3ccccc3c(-c3cc(-c4cc5c6ccccc6oc5c5ccccc45)cc4oc5ccccc5c34)c3ccccc23)cc1. The second kappa shape index (κ2) is 10.4. The molecule has 0 radical (unpaired) electrons. The minimum absolute atomic E-state index is 0.875. The fourth-order valence-corrected chi connectivity index (χ4v) is 8.33. The number of hydrogen-bond donors (Lipinski definition) is 0. The average molecular weight is 637 g/mol. The predicted molar refractivity (Wildman–Crippen MR) is 210 cm³/mol. The van der Waals surface area contributed by atoms with E-state index in [1.807, 2.05) is 6.07 Å². The van der Waals surface area contributed by atoms with Crippen LogP contribution in [-0.2, 0) is 0 Å². The molecule has 0 atom stereocenters. The van der Waals surface area contributed by atoms with Gasteiger partial charge in [0.05, 0.1) is 0 Å². The van der Waals surface area contributed by atoms with Gasteiger partial charge >= 0.3 is 0 Å². The molecule has 0 aliphatic heterocycles. The first-order valence-electron chi connectivity index (χ1n) is 17.1. The Morgan fingerprint density at radius 3 is 1.48 bits per heavy atom. The molecule has 0 spiro atoms. The van der Waals surface area contributed by atoms with Crippen LogP contribution in [0.15, 0.2) is 179 Å². The first kappa shape index (κ1) is 27.3. The highest BCUT2D eigenvalue weighted by molar-refractivity contribution is 6.27. The lowest BCUT2D eigenvalue weighted by molar-refractivity contribution is 0.669. The Labute approximate surface area is 287 Å². The van der Waals surface area contributed by atoms with E-state index in [1.54, 1.807) is 0 Å². The third kappa shape index (κ3) is 3.85. The third-order valence-corrected chi connectivity index (χ3v) is 10.4. The largest absolute Gasteiger partial charge is 0.456 e. The Hall–Kier alpha value is -6.64. The number of rotatable bonds is 3. The summed E-state index contributed by atoms with van der Waals surface area (Å²) in [6, 6.07) is 60.8. The molecular weight excluding hydrogens is 609 g/mol. The van der Waals surface area contributed by atoms with Crippen LogP contribution in [0.25, 0.3) is 110 Å². The molecule has 0 aliphatic rings. The van der Waals surface area contributed by atoms with Gasteiger partial charge in [-0.15, -0.1) is 0 Å². The molecule has 11 aromatic rings. The fourth-order valence-electron chi connectivity index (χ4n) is 8.33. The van der Waals surface area contributed by atoms with Gasteiger partial charge in [-0.2, -0.15) is 0 Å². The van der Waals surface area contributed by atoms with Gasteiger partial charge < -0.3 is 8.83 Å². The van der Waals surface area contributed by atoms with E-state index in [9.17, 15) is 0 Å².